The van der Waals surface area contributed by atoms with Crippen LogP contribution in [0.2, 0.25) is 0 Å². The van der Waals surface area contributed by atoms with Crippen LogP contribution >= 0.6 is 0 Å². The van der Waals surface area contributed by atoms with E-state index in [1.165, 1.54) is 0 Å². The second kappa shape index (κ2) is 9.38. The molecule has 2 aliphatic rings. The summed E-state index contributed by atoms with van der Waals surface area (Å²) < 4.78 is 9.70. The maximum absolute atomic E-state index is 12.5. The summed E-state index contributed by atoms with van der Waals surface area (Å²) in [5.74, 6) is 3.40. The second-order valence-electron chi connectivity index (χ2n) is 10.1. The van der Waals surface area contributed by atoms with E-state index in [1.54, 1.807) is 4.90 Å². The quantitative estimate of drug-likeness (QED) is 0.407. The first-order valence-electron chi connectivity index (χ1n) is 12.8. The minimum absolute atomic E-state index is 0.0393. The lowest BCUT2D eigenvalue weighted by molar-refractivity contribution is -0.132. The van der Waals surface area contributed by atoms with Crippen molar-refractivity contribution < 1.29 is 9.53 Å². The molecule has 3 aromatic heterocycles. The van der Waals surface area contributed by atoms with Gasteiger partial charge in [0.2, 0.25) is 11.9 Å². The fraction of sp³-hybridized carbons (Fsp3) is 0.500. The van der Waals surface area contributed by atoms with E-state index in [1.807, 2.05) is 56.9 Å². The lowest BCUT2D eigenvalue weighted by Gasteiger charge is -2.28. The molecule has 0 aliphatic carbocycles. The summed E-state index contributed by atoms with van der Waals surface area (Å²) in [7, 11) is 5.66. The molecule has 0 bridgehead atoms. The smallest absolute Gasteiger partial charge is 0.239 e. The van der Waals surface area contributed by atoms with Crippen LogP contribution in [0, 0.1) is 12.8 Å². The van der Waals surface area contributed by atoms with E-state index in [9.17, 15) is 4.79 Å². The molecule has 1 amide bonds. The molecule has 0 N–H and O–H groups in total. The molecule has 1 atom stereocenters. The fourth-order valence-electron chi connectivity index (χ4n) is 5.46. The highest BCUT2D eigenvalue weighted by Crippen LogP contribution is 2.29. The number of benzene rings is 1. The highest BCUT2D eigenvalue weighted by molar-refractivity contribution is 5.86. The van der Waals surface area contributed by atoms with Crippen molar-refractivity contribution in [3.8, 4) is 5.95 Å². The lowest BCUT2D eigenvalue weighted by atomic mass is 10.1. The molecule has 11 heteroatoms. The van der Waals surface area contributed by atoms with Crippen molar-refractivity contribution in [3.63, 3.8) is 0 Å². The van der Waals surface area contributed by atoms with Gasteiger partial charge in [-0.25, -0.2) is 9.97 Å². The lowest BCUT2D eigenvalue weighted by Crippen LogP contribution is -2.37. The van der Waals surface area contributed by atoms with Crippen molar-refractivity contribution in [3.05, 3.63) is 35.9 Å². The Kier molecular flexibility index (Phi) is 6.04. The SMILES string of the molecule is Cc1nc2ccccc2n1-c1nc(N2CCOCC2)c2nc(CN3CCC(C(=O)N(C)C)C3)n(C)c2n1. The number of aryl methyl sites for hydroxylation is 2. The van der Waals surface area contributed by atoms with E-state index in [2.05, 4.69) is 14.4 Å². The summed E-state index contributed by atoms with van der Waals surface area (Å²) in [5.41, 5.74) is 3.48. The predicted molar refractivity (Wildman–Crippen MR) is 141 cm³/mol. The first-order chi connectivity index (χ1) is 17.9. The maximum atomic E-state index is 12.5. The number of hydrogen-bond acceptors (Lipinski definition) is 8. The molecule has 4 aromatic rings. The van der Waals surface area contributed by atoms with Gasteiger partial charge in [-0.15, -0.1) is 0 Å². The Hall–Kier alpha value is -3.57. The molecule has 37 heavy (non-hydrogen) atoms. The van der Waals surface area contributed by atoms with Gasteiger partial charge < -0.3 is 19.1 Å². The molecular weight excluding hydrogens is 470 g/mol. The number of amides is 1. The second-order valence-corrected chi connectivity index (χ2v) is 10.1. The summed E-state index contributed by atoms with van der Waals surface area (Å²) in [6, 6.07) is 8.05. The Bertz CT molecular complexity index is 1470. The normalized spacial score (nSPS) is 18.8. The first-order valence-corrected chi connectivity index (χ1v) is 12.8. The monoisotopic (exact) mass is 503 g/mol. The molecule has 2 aliphatic heterocycles. The van der Waals surface area contributed by atoms with E-state index in [0.29, 0.717) is 25.7 Å². The van der Waals surface area contributed by atoms with E-state index in [-0.39, 0.29) is 11.8 Å². The highest BCUT2D eigenvalue weighted by Gasteiger charge is 2.31. The third-order valence-corrected chi connectivity index (χ3v) is 7.45. The number of nitrogens with zero attached hydrogens (tertiary/aromatic N) is 9. The first kappa shape index (κ1) is 23.8. The average Bonchev–Trinajstić information content (AvgIpc) is 3.59. The zero-order valence-electron chi connectivity index (χ0n) is 21.9. The number of likely N-dealkylation sites (tertiary alicyclic amines) is 1. The molecule has 2 saturated heterocycles. The minimum Gasteiger partial charge on any atom is -0.378 e. The van der Waals surface area contributed by atoms with Gasteiger partial charge in [-0.3, -0.25) is 14.3 Å². The molecular formula is C26H33N9O2. The summed E-state index contributed by atoms with van der Waals surface area (Å²) in [5, 5.41) is 0. The molecule has 0 spiro atoms. The van der Waals surface area contributed by atoms with Crippen LogP contribution in [0.3, 0.4) is 0 Å². The largest absolute Gasteiger partial charge is 0.378 e. The number of anilines is 1. The Morgan fingerprint density at radius 3 is 2.65 bits per heavy atom. The number of carbonyl (C=O) groups excluding carboxylic acids is 1. The topological polar surface area (TPSA) is 97.4 Å². The molecule has 6 rings (SSSR count). The maximum Gasteiger partial charge on any atom is 0.239 e. The number of hydrogen-bond donors (Lipinski definition) is 0. The Morgan fingerprint density at radius 2 is 1.86 bits per heavy atom. The van der Waals surface area contributed by atoms with Gasteiger partial charge in [-0.05, 0) is 32.0 Å². The van der Waals surface area contributed by atoms with Crippen LogP contribution in [0.15, 0.2) is 24.3 Å². The van der Waals surface area contributed by atoms with Crippen LogP contribution in [-0.2, 0) is 23.1 Å². The van der Waals surface area contributed by atoms with Crippen molar-refractivity contribution in [2.45, 2.75) is 19.9 Å². The molecule has 11 nitrogen and oxygen atoms in total. The molecule has 0 radical (unpaired) electrons. The molecule has 2 fully saturated rings. The van der Waals surface area contributed by atoms with Gasteiger partial charge in [-0.1, -0.05) is 12.1 Å². The summed E-state index contributed by atoms with van der Waals surface area (Å²) in [4.78, 5) is 38.6. The van der Waals surface area contributed by atoms with Gasteiger partial charge in [0, 0.05) is 40.8 Å². The molecule has 194 valence electrons. The van der Waals surface area contributed by atoms with Gasteiger partial charge in [0.05, 0.1) is 36.7 Å². The van der Waals surface area contributed by atoms with E-state index >= 15 is 0 Å². The average molecular weight is 504 g/mol. The van der Waals surface area contributed by atoms with Gasteiger partial charge in [-0.2, -0.15) is 9.97 Å². The fourth-order valence-corrected chi connectivity index (χ4v) is 5.46. The number of ether oxygens (including phenoxy) is 1. The van der Waals surface area contributed by atoms with Crippen molar-refractivity contribution in [1.29, 1.82) is 0 Å². The van der Waals surface area contributed by atoms with E-state index < -0.39 is 0 Å². The number of imidazole rings is 2. The summed E-state index contributed by atoms with van der Waals surface area (Å²) in [6.07, 6.45) is 0.872. The van der Waals surface area contributed by atoms with Crippen molar-refractivity contribution in [2.24, 2.45) is 13.0 Å². The van der Waals surface area contributed by atoms with Gasteiger partial charge in [0.1, 0.15) is 11.6 Å². The number of aromatic nitrogens is 6. The van der Waals surface area contributed by atoms with Crippen LogP contribution in [0.25, 0.3) is 28.1 Å². The van der Waals surface area contributed by atoms with Crippen LogP contribution in [-0.4, -0.2) is 98.3 Å². The van der Waals surface area contributed by atoms with E-state index in [4.69, 9.17) is 24.7 Å². The molecule has 1 unspecified atom stereocenters. The Balaban J connectivity index is 1.42. The van der Waals surface area contributed by atoms with Crippen molar-refractivity contribution in [2.75, 3.05) is 58.4 Å². The van der Waals surface area contributed by atoms with E-state index in [0.717, 1.165) is 72.3 Å². The standard InChI is InChI=1S/C26H33N9O2/c1-17-27-19-7-5-6-8-20(19)35(17)26-29-23-22(24(30-26)34-11-13-37-14-12-34)28-21(32(23)4)16-33-10-9-18(15-33)25(36)31(2)3/h5-8,18H,9-16H2,1-4H3. The van der Waals surface area contributed by atoms with Crippen LogP contribution in [0.5, 0.6) is 0 Å². The summed E-state index contributed by atoms with van der Waals surface area (Å²) >= 11 is 0. The van der Waals surface area contributed by atoms with Crippen LogP contribution in [0.4, 0.5) is 5.82 Å². The number of fused-ring (bicyclic) bond motifs is 2. The zero-order chi connectivity index (χ0) is 25.7. The predicted octanol–water partition coefficient (Wildman–Crippen LogP) is 1.76. The molecule has 5 heterocycles. The highest BCUT2D eigenvalue weighted by atomic mass is 16.5. The third-order valence-electron chi connectivity index (χ3n) is 7.45. The third kappa shape index (κ3) is 4.21. The van der Waals surface area contributed by atoms with Crippen molar-refractivity contribution >= 4 is 33.9 Å². The van der Waals surface area contributed by atoms with Crippen LogP contribution < -0.4 is 4.90 Å². The van der Waals surface area contributed by atoms with Gasteiger partial charge in [0.15, 0.2) is 17.0 Å². The van der Waals surface area contributed by atoms with Crippen molar-refractivity contribution in [1.82, 2.24) is 38.9 Å². The number of rotatable bonds is 5. The summed E-state index contributed by atoms with van der Waals surface area (Å²) in [6.45, 7) is 7.08. The molecule has 1 aromatic carbocycles. The Labute approximate surface area is 215 Å². The Morgan fingerprint density at radius 1 is 1.08 bits per heavy atom. The number of carbonyl (C=O) groups is 1. The zero-order valence-corrected chi connectivity index (χ0v) is 21.9. The number of morpholine rings is 1. The van der Waals surface area contributed by atoms with Gasteiger partial charge >= 0.3 is 0 Å². The van der Waals surface area contributed by atoms with Gasteiger partial charge in [0.25, 0.3) is 0 Å². The molecule has 0 saturated carbocycles. The minimum atomic E-state index is 0.0393. The van der Waals surface area contributed by atoms with Crippen LogP contribution in [0.1, 0.15) is 18.1 Å². The number of para-hydroxylation sites is 2.